The summed E-state index contributed by atoms with van der Waals surface area (Å²) in [6, 6.07) is 16.7. The molecule has 0 N–H and O–H groups in total. The summed E-state index contributed by atoms with van der Waals surface area (Å²) in [6.07, 6.45) is 0. The highest BCUT2D eigenvalue weighted by atomic mass is 79.9. The van der Waals surface area contributed by atoms with E-state index in [0.717, 1.165) is 15.7 Å². The minimum atomic E-state index is 0.0333. The molecule has 0 saturated carbocycles. The van der Waals surface area contributed by atoms with Gasteiger partial charge in [0.05, 0.1) is 0 Å². The number of ether oxygens (including phenoxy) is 1. The van der Waals surface area contributed by atoms with Crippen LogP contribution in [0.25, 0.3) is 11.3 Å². The highest BCUT2D eigenvalue weighted by Crippen LogP contribution is 2.22. The molecule has 0 amide bonds. The molecular weight excluding hydrogens is 358 g/mol. The van der Waals surface area contributed by atoms with Crippen LogP contribution in [0.5, 0.6) is 5.75 Å². The number of rotatable bonds is 5. The van der Waals surface area contributed by atoms with Gasteiger partial charge in [-0.2, -0.15) is 0 Å². The van der Waals surface area contributed by atoms with E-state index in [1.807, 2.05) is 30.3 Å². The minimum absolute atomic E-state index is 0.0333. The minimum Gasteiger partial charge on any atom is -0.486 e. The van der Waals surface area contributed by atoms with Crippen LogP contribution in [-0.2, 0) is 6.61 Å². The van der Waals surface area contributed by atoms with Gasteiger partial charge in [0, 0.05) is 21.7 Å². The van der Waals surface area contributed by atoms with Crippen molar-refractivity contribution in [2.45, 2.75) is 13.5 Å². The van der Waals surface area contributed by atoms with Crippen LogP contribution >= 0.6 is 15.9 Å². The molecule has 0 fully saturated rings. The maximum atomic E-state index is 11.2. The van der Waals surface area contributed by atoms with Gasteiger partial charge in [-0.25, -0.2) is 0 Å². The van der Waals surface area contributed by atoms with Crippen LogP contribution in [0.4, 0.5) is 0 Å². The Morgan fingerprint density at radius 2 is 1.83 bits per heavy atom. The van der Waals surface area contributed by atoms with E-state index in [4.69, 9.17) is 9.26 Å². The number of carbonyl (C=O) groups is 1. The van der Waals surface area contributed by atoms with E-state index in [1.165, 1.54) is 6.92 Å². The quantitative estimate of drug-likeness (QED) is 0.599. The zero-order valence-electron chi connectivity index (χ0n) is 12.5. The molecule has 0 saturated heterocycles. The first-order valence-electron chi connectivity index (χ1n) is 7.07. The second-order valence-electron chi connectivity index (χ2n) is 5.05. The average Bonchev–Trinajstić information content (AvgIpc) is 3.03. The molecule has 23 heavy (non-hydrogen) atoms. The van der Waals surface area contributed by atoms with Crippen molar-refractivity contribution in [2.24, 2.45) is 0 Å². The fourth-order valence-electron chi connectivity index (χ4n) is 2.08. The third-order valence-corrected chi connectivity index (χ3v) is 3.87. The lowest BCUT2D eigenvalue weighted by molar-refractivity contribution is 0.101. The van der Waals surface area contributed by atoms with Gasteiger partial charge in [0.1, 0.15) is 18.1 Å². The number of aromatic nitrogens is 1. The Bertz CT molecular complexity index is 807. The van der Waals surface area contributed by atoms with Crippen molar-refractivity contribution in [3.05, 3.63) is 70.4 Å². The second kappa shape index (κ2) is 6.79. The highest BCUT2D eigenvalue weighted by Gasteiger charge is 2.07. The molecule has 0 atom stereocenters. The standard InChI is InChI=1S/C18H14BrNO3/c1-12(21)13-4-8-16(9-5-13)22-11-17-10-18(20-23-17)14-2-6-15(19)7-3-14/h2-10H,11H2,1H3. The molecule has 4 nitrogen and oxygen atoms in total. The summed E-state index contributed by atoms with van der Waals surface area (Å²) < 4.78 is 12.0. The normalized spacial score (nSPS) is 10.5. The molecule has 3 aromatic rings. The smallest absolute Gasteiger partial charge is 0.174 e. The summed E-state index contributed by atoms with van der Waals surface area (Å²) in [7, 11) is 0. The largest absolute Gasteiger partial charge is 0.486 e. The predicted octanol–water partition coefficient (Wildman–Crippen LogP) is 4.89. The summed E-state index contributed by atoms with van der Waals surface area (Å²) in [6.45, 7) is 1.82. The van der Waals surface area contributed by atoms with E-state index in [1.54, 1.807) is 24.3 Å². The summed E-state index contributed by atoms with van der Waals surface area (Å²) in [5.74, 6) is 1.35. The molecule has 0 radical (unpaired) electrons. The molecule has 0 unspecified atom stereocenters. The number of hydrogen-bond acceptors (Lipinski definition) is 4. The number of nitrogens with zero attached hydrogens (tertiary/aromatic N) is 1. The van der Waals surface area contributed by atoms with Gasteiger partial charge in [-0.05, 0) is 43.3 Å². The van der Waals surface area contributed by atoms with Crippen molar-refractivity contribution in [1.29, 1.82) is 0 Å². The summed E-state index contributed by atoms with van der Waals surface area (Å²) >= 11 is 3.40. The Hall–Kier alpha value is -2.40. The number of carbonyl (C=O) groups excluding carboxylic acids is 1. The molecule has 3 rings (SSSR count). The first-order chi connectivity index (χ1) is 11.1. The van der Waals surface area contributed by atoms with Crippen molar-refractivity contribution in [2.75, 3.05) is 0 Å². The van der Waals surface area contributed by atoms with Crippen molar-refractivity contribution >= 4 is 21.7 Å². The van der Waals surface area contributed by atoms with Gasteiger partial charge in [-0.1, -0.05) is 33.2 Å². The SMILES string of the molecule is CC(=O)c1ccc(OCc2cc(-c3ccc(Br)cc3)no2)cc1. The van der Waals surface area contributed by atoms with Gasteiger partial charge < -0.3 is 9.26 Å². The highest BCUT2D eigenvalue weighted by molar-refractivity contribution is 9.10. The van der Waals surface area contributed by atoms with E-state index < -0.39 is 0 Å². The summed E-state index contributed by atoms with van der Waals surface area (Å²) in [5, 5.41) is 4.05. The summed E-state index contributed by atoms with van der Waals surface area (Å²) in [5.41, 5.74) is 2.41. The number of Topliss-reactive ketones (excluding diaryl/α,β-unsaturated/α-hetero) is 1. The van der Waals surface area contributed by atoms with Crippen molar-refractivity contribution in [1.82, 2.24) is 5.16 Å². The molecule has 5 heteroatoms. The Morgan fingerprint density at radius 3 is 2.48 bits per heavy atom. The molecule has 0 bridgehead atoms. The number of hydrogen-bond donors (Lipinski definition) is 0. The molecular formula is C18H14BrNO3. The molecule has 2 aromatic carbocycles. The van der Waals surface area contributed by atoms with Gasteiger partial charge in [0.25, 0.3) is 0 Å². The lowest BCUT2D eigenvalue weighted by atomic mass is 10.1. The van der Waals surface area contributed by atoms with Gasteiger partial charge in [-0.3, -0.25) is 4.79 Å². The average molecular weight is 372 g/mol. The van der Waals surface area contributed by atoms with E-state index in [0.29, 0.717) is 17.1 Å². The zero-order chi connectivity index (χ0) is 16.2. The maximum Gasteiger partial charge on any atom is 0.174 e. The Morgan fingerprint density at radius 1 is 1.13 bits per heavy atom. The zero-order valence-corrected chi connectivity index (χ0v) is 14.0. The van der Waals surface area contributed by atoms with E-state index >= 15 is 0 Å². The molecule has 0 aliphatic carbocycles. The second-order valence-corrected chi connectivity index (χ2v) is 5.97. The van der Waals surface area contributed by atoms with Crippen LogP contribution in [0.15, 0.2) is 63.6 Å². The van der Waals surface area contributed by atoms with Crippen LogP contribution in [0.2, 0.25) is 0 Å². The number of halogens is 1. The van der Waals surface area contributed by atoms with Crippen LogP contribution in [0.3, 0.4) is 0 Å². The first kappa shape index (κ1) is 15.5. The van der Waals surface area contributed by atoms with E-state index in [9.17, 15) is 4.79 Å². The molecule has 116 valence electrons. The van der Waals surface area contributed by atoms with Gasteiger partial charge in [0.2, 0.25) is 0 Å². The van der Waals surface area contributed by atoms with Gasteiger partial charge >= 0.3 is 0 Å². The van der Waals surface area contributed by atoms with E-state index in [-0.39, 0.29) is 12.4 Å². The molecule has 0 aliphatic rings. The lowest BCUT2D eigenvalue weighted by Crippen LogP contribution is -1.95. The van der Waals surface area contributed by atoms with Gasteiger partial charge in [0.15, 0.2) is 11.5 Å². The Balaban J connectivity index is 1.65. The van der Waals surface area contributed by atoms with Crippen LogP contribution in [0.1, 0.15) is 23.0 Å². The summed E-state index contributed by atoms with van der Waals surface area (Å²) in [4.78, 5) is 11.2. The maximum absolute atomic E-state index is 11.2. The predicted molar refractivity (Wildman–Crippen MR) is 90.4 cm³/mol. The molecule has 0 spiro atoms. The third kappa shape index (κ3) is 3.87. The molecule has 1 heterocycles. The van der Waals surface area contributed by atoms with Gasteiger partial charge in [-0.15, -0.1) is 0 Å². The van der Waals surface area contributed by atoms with Crippen LogP contribution in [0, 0.1) is 0 Å². The van der Waals surface area contributed by atoms with Crippen LogP contribution in [-0.4, -0.2) is 10.9 Å². The van der Waals surface area contributed by atoms with Crippen molar-refractivity contribution < 1.29 is 14.1 Å². The fourth-order valence-corrected chi connectivity index (χ4v) is 2.34. The third-order valence-electron chi connectivity index (χ3n) is 3.34. The van der Waals surface area contributed by atoms with E-state index in [2.05, 4.69) is 21.1 Å². The first-order valence-corrected chi connectivity index (χ1v) is 7.86. The monoisotopic (exact) mass is 371 g/mol. The Kier molecular flexibility index (Phi) is 4.57. The van der Waals surface area contributed by atoms with Crippen molar-refractivity contribution in [3.63, 3.8) is 0 Å². The molecule has 0 aliphatic heterocycles. The molecule has 1 aromatic heterocycles. The fraction of sp³-hybridized carbons (Fsp3) is 0.111. The van der Waals surface area contributed by atoms with Crippen LogP contribution < -0.4 is 4.74 Å². The Labute approximate surface area is 142 Å². The topological polar surface area (TPSA) is 52.3 Å². The number of benzene rings is 2. The lowest BCUT2D eigenvalue weighted by Gasteiger charge is -2.03. The van der Waals surface area contributed by atoms with Crippen molar-refractivity contribution in [3.8, 4) is 17.0 Å². The number of ketones is 1.